The largest absolute Gasteiger partial charge is 0.354 e. The first-order chi connectivity index (χ1) is 7.99. The fourth-order valence-corrected chi connectivity index (χ4v) is 4.09. The van der Waals surface area contributed by atoms with E-state index >= 15 is 0 Å². The summed E-state index contributed by atoms with van der Waals surface area (Å²) in [6.45, 7) is 1.08. The van der Waals surface area contributed by atoms with Gasteiger partial charge in [0.2, 0.25) is 5.91 Å². The SMILES string of the molecule is NCC1(CNC(=O)C2CCCCS2(=O)=O)CC1. The second-order valence-corrected chi connectivity index (χ2v) is 7.58. The number of hydrogen-bond acceptors (Lipinski definition) is 4. The molecule has 0 bridgehead atoms. The van der Waals surface area contributed by atoms with E-state index in [1.54, 1.807) is 0 Å². The average molecular weight is 260 g/mol. The van der Waals surface area contributed by atoms with Crippen LogP contribution in [0.3, 0.4) is 0 Å². The van der Waals surface area contributed by atoms with Crippen molar-refractivity contribution in [2.24, 2.45) is 11.1 Å². The maximum Gasteiger partial charge on any atom is 0.238 e. The molecule has 2 fully saturated rings. The molecule has 17 heavy (non-hydrogen) atoms. The molecule has 1 amide bonds. The molecule has 98 valence electrons. The normalized spacial score (nSPS) is 29.6. The molecule has 1 unspecified atom stereocenters. The predicted octanol–water partition coefficient (Wildman–Crippen LogP) is -0.191. The number of nitrogens with one attached hydrogen (secondary N) is 1. The van der Waals surface area contributed by atoms with Gasteiger partial charge in [-0.3, -0.25) is 4.79 Å². The summed E-state index contributed by atoms with van der Waals surface area (Å²) in [4.78, 5) is 11.9. The van der Waals surface area contributed by atoms with Crippen LogP contribution in [-0.4, -0.2) is 38.4 Å². The first-order valence-electron chi connectivity index (χ1n) is 6.18. The lowest BCUT2D eigenvalue weighted by molar-refractivity contribution is -0.121. The van der Waals surface area contributed by atoms with Gasteiger partial charge in [-0.2, -0.15) is 0 Å². The lowest BCUT2D eigenvalue weighted by Crippen LogP contribution is -2.45. The molecule has 0 aromatic heterocycles. The zero-order chi connectivity index (χ0) is 12.5. The van der Waals surface area contributed by atoms with Crippen LogP contribution in [0.15, 0.2) is 0 Å². The second-order valence-electron chi connectivity index (χ2n) is 5.27. The minimum Gasteiger partial charge on any atom is -0.354 e. The summed E-state index contributed by atoms with van der Waals surface area (Å²) in [6, 6.07) is 0. The van der Waals surface area contributed by atoms with Gasteiger partial charge < -0.3 is 11.1 Å². The Morgan fingerprint density at radius 3 is 2.59 bits per heavy atom. The van der Waals surface area contributed by atoms with E-state index in [2.05, 4.69) is 5.32 Å². The molecule has 6 heteroatoms. The summed E-state index contributed by atoms with van der Waals surface area (Å²) in [6.07, 6.45) is 4.02. The predicted molar refractivity (Wildman–Crippen MR) is 65.2 cm³/mol. The molecule has 1 atom stereocenters. The van der Waals surface area contributed by atoms with E-state index in [0.29, 0.717) is 25.9 Å². The van der Waals surface area contributed by atoms with Crippen molar-refractivity contribution >= 4 is 15.7 Å². The molecule has 2 aliphatic rings. The highest BCUT2D eigenvalue weighted by molar-refractivity contribution is 7.92. The zero-order valence-corrected chi connectivity index (χ0v) is 10.8. The molecule has 5 nitrogen and oxygen atoms in total. The quantitative estimate of drug-likeness (QED) is 0.733. The van der Waals surface area contributed by atoms with E-state index in [1.165, 1.54) is 0 Å². The monoisotopic (exact) mass is 260 g/mol. The Kier molecular flexibility index (Phi) is 3.45. The van der Waals surface area contributed by atoms with Crippen LogP contribution in [-0.2, 0) is 14.6 Å². The summed E-state index contributed by atoms with van der Waals surface area (Å²) in [5.74, 6) is -0.183. The molecule has 0 spiro atoms. The highest BCUT2D eigenvalue weighted by Gasteiger charge is 2.42. The fourth-order valence-electron chi connectivity index (χ4n) is 2.27. The number of nitrogens with two attached hydrogens (primary N) is 1. The van der Waals surface area contributed by atoms with Gasteiger partial charge in [-0.1, -0.05) is 6.42 Å². The van der Waals surface area contributed by atoms with Gasteiger partial charge >= 0.3 is 0 Å². The maximum atomic E-state index is 11.9. The van der Waals surface area contributed by atoms with Crippen LogP contribution in [0.1, 0.15) is 32.1 Å². The van der Waals surface area contributed by atoms with E-state index in [9.17, 15) is 13.2 Å². The topological polar surface area (TPSA) is 89.3 Å². The van der Waals surface area contributed by atoms with E-state index in [1.807, 2.05) is 0 Å². The van der Waals surface area contributed by atoms with Crippen molar-refractivity contribution < 1.29 is 13.2 Å². The number of carbonyl (C=O) groups is 1. The molecule has 1 saturated heterocycles. The van der Waals surface area contributed by atoms with Crippen molar-refractivity contribution in [2.75, 3.05) is 18.8 Å². The molecule has 1 saturated carbocycles. The zero-order valence-electron chi connectivity index (χ0n) is 9.94. The lowest BCUT2D eigenvalue weighted by Gasteiger charge is -2.22. The van der Waals surface area contributed by atoms with Crippen molar-refractivity contribution in [3.05, 3.63) is 0 Å². The highest BCUT2D eigenvalue weighted by atomic mass is 32.2. The van der Waals surface area contributed by atoms with Gasteiger partial charge in [0, 0.05) is 6.54 Å². The van der Waals surface area contributed by atoms with Crippen LogP contribution in [0.5, 0.6) is 0 Å². The summed E-state index contributed by atoms with van der Waals surface area (Å²) in [5, 5.41) is 1.93. The van der Waals surface area contributed by atoms with Crippen LogP contribution in [0.4, 0.5) is 0 Å². The van der Waals surface area contributed by atoms with Gasteiger partial charge in [0.25, 0.3) is 0 Å². The van der Waals surface area contributed by atoms with Gasteiger partial charge in [-0.05, 0) is 37.6 Å². The number of hydrogen-bond donors (Lipinski definition) is 2. The Hall–Kier alpha value is -0.620. The Labute approximate surface area is 102 Å². The Morgan fingerprint density at radius 1 is 1.35 bits per heavy atom. The van der Waals surface area contributed by atoms with Crippen LogP contribution in [0.25, 0.3) is 0 Å². The molecular weight excluding hydrogens is 240 g/mol. The molecule has 1 aliphatic heterocycles. The summed E-state index contributed by atoms with van der Waals surface area (Å²) in [7, 11) is -3.22. The van der Waals surface area contributed by atoms with Crippen molar-refractivity contribution in [3.63, 3.8) is 0 Å². The van der Waals surface area contributed by atoms with Crippen molar-refractivity contribution in [2.45, 2.75) is 37.4 Å². The van der Waals surface area contributed by atoms with Crippen LogP contribution < -0.4 is 11.1 Å². The van der Waals surface area contributed by atoms with Crippen LogP contribution in [0, 0.1) is 5.41 Å². The number of sulfone groups is 1. The fraction of sp³-hybridized carbons (Fsp3) is 0.909. The van der Waals surface area contributed by atoms with Gasteiger partial charge in [-0.25, -0.2) is 8.42 Å². The molecule has 2 rings (SSSR count). The van der Waals surface area contributed by atoms with Crippen LogP contribution >= 0.6 is 0 Å². The third kappa shape index (κ3) is 2.80. The van der Waals surface area contributed by atoms with Gasteiger partial charge in [0.05, 0.1) is 5.75 Å². The minimum atomic E-state index is -3.22. The maximum absolute atomic E-state index is 11.9. The number of carbonyl (C=O) groups excluding carboxylic acids is 1. The number of amides is 1. The third-order valence-corrected chi connectivity index (χ3v) is 6.07. The Bertz CT molecular complexity index is 401. The van der Waals surface area contributed by atoms with E-state index < -0.39 is 15.1 Å². The molecule has 3 N–H and O–H groups in total. The second kappa shape index (κ2) is 4.57. The Balaban J connectivity index is 1.91. The summed E-state index contributed by atoms with van der Waals surface area (Å²) in [5.41, 5.74) is 5.67. The van der Waals surface area contributed by atoms with Crippen molar-refractivity contribution in [1.82, 2.24) is 5.32 Å². The third-order valence-electron chi connectivity index (χ3n) is 3.90. The van der Waals surface area contributed by atoms with Gasteiger partial charge in [0.15, 0.2) is 9.84 Å². The summed E-state index contributed by atoms with van der Waals surface area (Å²) >= 11 is 0. The molecular formula is C11H20N2O3S. The average Bonchev–Trinajstić information content (AvgIpc) is 3.06. The van der Waals surface area contributed by atoms with E-state index in [4.69, 9.17) is 5.73 Å². The van der Waals surface area contributed by atoms with Crippen molar-refractivity contribution in [1.29, 1.82) is 0 Å². The molecule has 0 radical (unpaired) electrons. The highest BCUT2D eigenvalue weighted by Crippen LogP contribution is 2.43. The minimum absolute atomic E-state index is 0.0497. The smallest absolute Gasteiger partial charge is 0.238 e. The lowest BCUT2D eigenvalue weighted by atomic mass is 10.1. The molecule has 1 aliphatic carbocycles. The number of rotatable bonds is 4. The first-order valence-corrected chi connectivity index (χ1v) is 7.90. The summed E-state index contributed by atoms with van der Waals surface area (Å²) < 4.78 is 23.5. The van der Waals surface area contributed by atoms with E-state index in [0.717, 1.165) is 19.3 Å². The molecule has 0 aromatic carbocycles. The van der Waals surface area contributed by atoms with Crippen molar-refractivity contribution in [3.8, 4) is 0 Å². The molecule has 1 heterocycles. The van der Waals surface area contributed by atoms with E-state index in [-0.39, 0.29) is 17.1 Å². The van der Waals surface area contributed by atoms with Gasteiger partial charge in [-0.15, -0.1) is 0 Å². The van der Waals surface area contributed by atoms with Gasteiger partial charge in [0.1, 0.15) is 5.25 Å². The molecule has 0 aromatic rings. The van der Waals surface area contributed by atoms with Crippen LogP contribution in [0.2, 0.25) is 0 Å². The standard InChI is InChI=1S/C11H20N2O3S/c12-7-11(4-5-11)8-13-10(14)9-3-1-2-6-17(9,15)16/h9H,1-8,12H2,(H,13,14). The first kappa shape index (κ1) is 12.8. The Morgan fingerprint density at radius 2 is 2.06 bits per heavy atom.